The van der Waals surface area contributed by atoms with Gasteiger partial charge in [0.25, 0.3) is 5.91 Å². The van der Waals surface area contributed by atoms with Crippen molar-refractivity contribution in [2.75, 3.05) is 26.3 Å². The quantitative estimate of drug-likeness (QED) is 0.840. The first-order valence-electron chi connectivity index (χ1n) is 8.90. The standard InChI is InChI=1S/C18H23N3O3S/c1-18(17-19-15(24-20-17)13-5-9-23-10-6-13)7-3-8-21(12-18)16(22)14-4-2-11-25-14/h2,4,11,13H,3,5-10,12H2,1H3. The number of carbonyl (C=O) groups is 1. The number of hydrogen-bond acceptors (Lipinski definition) is 6. The first-order chi connectivity index (χ1) is 12.2. The van der Waals surface area contributed by atoms with E-state index in [0.717, 1.165) is 62.0 Å². The van der Waals surface area contributed by atoms with Gasteiger partial charge in [-0.05, 0) is 37.1 Å². The van der Waals surface area contributed by atoms with Crippen LogP contribution >= 0.6 is 11.3 Å². The van der Waals surface area contributed by atoms with E-state index in [0.29, 0.717) is 12.5 Å². The molecule has 0 spiro atoms. The van der Waals surface area contributed by atoms with E-state index in [9.17, 15) is 4.79 Å². The molecular weight excluding hydrogens is 338 g/mol. The SMILES string of the molecule is CC1(c2noc(C3CCOCC3)n2)CCCN(C(=O)c2cccs2)C1. The molecule has 4 heterocycles. The van der Waals surface area contributed by atoms with E-state index in [4.69, 9.17) is 14.2 Å². The highest BCUT2D eigenvalue weighted by Gasteiger charge is 2.39. The van der Waals surface area contributed by atoms with E-state index in [2.05, 4.69) is 12.1 Å². The van der Waals surface area contributed by atoms with Crippen LogP contribution in [0.15, 0.2) is 22.0 Å². The fourth-order valence-electron chi connectivity index (χ4n) is 3.74. The maximum Gasteiger partial charge on any atom is 0.263 e. The van der Waals surface area contributed by atoms with E-state index in [1.165, 1.54) is 11.3 Å². The van der Waals surface area contributed by atoms with Crippen LogP contribution in [0, 0.1) is 0 Å². The third kappa shape index (κ3) is 3.35. The number of piperidine rings is 1. The number of nitrogens with zero attached hydrogens (tertiary/aromatic N) is 3. The van der Waals surface area contributed by atoms with Crippen LogP contribution in [0.1, 0.15) is 59.9 Å². The smallest absolute Gasteiger partial charge is 0.263 e. The van der Waals surface area contributed by atoms with Crippen molar-refractivity contribution in [2.24, 2.45) is 0 Å². The summed E-state index contributed by atoms with van der Waals surface area (Å²) in [5.74, 6) is 1.86. The number of hydrogen-bond donors (Lipinski definition) is 0. The number of ether oxygens (including phenoxy) is 1. The number of rotatable bonds is 3. The van der Waals surface area contributed by atoms with Crippen molar-refractivity contribution in [3.8, 4) is 0 Å². The third-order valence-corrected chi connectivity index (χ3v) is 6.13. The van der Waals surface area contributed by atoms with E-state index >= 15 is 0 Å². The zero-order valence-corrected chi connectivity index (χ0v) is 15.3. The Morgan fingerprint density at radius 1 is 1.40 bits per heavy atom. The second-order valence-electron chi connectivity index (χ2n) is 7.21. The maximum atomic E-state index is 12.7. The van der Waals surface area contributed by atoms with E-state index < -0.39 is 0 Å². The number of aromatic nitrogens is 2. The molecule has 2 aliphatic heterocycles. The fraction of sp³-hybridized carbons (Fsp3) is 0.611. The van der Waals surface area contributed by atoms with Gasteiger partial charge in [-0.15, -0.1) is 11.3 Å². The lowest BCUT2D eigenvalue weighted by Crippen LogP contribution is -2.47. The second kappa shape index (κ2) is 6.88. The van der Waals surface area contributed by atoms with Crippen molar-refractivity contribution in [1.82, 2.24) is 15.0 Å². The lowest BCUT2D eigenvalue weighted by Gasteiger charge is -2.38. The van der Waals surface area contributed by atoms with Crippen LogP contribution < -0.4 is 0 Å². The molecule has 25 heavy (non-hydrogen) atoms. The van der Waals surface area contributed by atoms with Crippen LogP contribution in [-0.4, -0.2) is 47.3 Å². The highest BCUT2D eigenvalue weighted by atomic mass is 32.1. The van der Waals surface area contributed by atoms with E-state index in [1.54, 1.807) is 0 Å². The summed E-state index contributed by atoms with van der Waals surface area (Å²) in [6.45, 7) is 5.07. The third-order valence-electron chi connectivity index (χ3n) is 5.27. The Bertz CT molecular complexity index is 724. The lowest BCUT2D eigenvalue weighted by molar-refractivity contribution is 0.0647. The van der Waals surface area contributed by atoms with Gasteiger partial charge in [0.1, 0.15) is 0 Å². The van der Waals surface area contributed by atoms with Gasteiger partial charge in [-0.25, -0.2) is 0 Å². The Labute approximate surface area is 151 Å². The van der Waals surface area contributed by atoms with Gasteiger partial charge in [0, 0.05) is 37.6 Å². The molecule has 1 atom stereocenters. The summed E-state index contributed by atoms with van der Waals surface area (Å²) in [6.07, 6.45) is 3.78. The first kappa shape index (κ1) is 16.7. The van der Waals surface area contributed by atoms with E-state index in [-0.39, 0.29) is 11.3 Å². The van der Waals surface area contributed by atoms with Crippen LogP contribution in [0.25, 0.3) is 0 Å². The van der Waals surface area contributed by atoms with Gasteiger partial charge in [0.05, 0.1) is 4.88 Å². The largest absolute Gasteiger partial charge is 0.381 e. The number of carbonyl (C=O) groups excluding carboxylic acids is 1. The Kier molecular flexibility index (Phi) is 4.60. The van der Waals surface area contributed by atoms with Crippen LogP contribution in [0.2, 0.25) is 0 Å². The minimum Gasteiger partial charge on any atom is -0.381 e. The summed E-state index contributed by atoms with van der Waals surface area (Å²) in [4.78, 5) is 20.1. The van der Waals surface area contributed by atoms with Gasteiger partial charge >= 0.3 is 0 Å². The zero-order valence-electron chi connectivity index (χ0n) is 14.4. The average Bonchev–Trinajstić information content (AvgIpc) is 3.34. The minimum absolute atomic E-state index is 0.106. The van der Waals surface area contributed by atoms with Crippen molar-refractivity contribution >= 4 is 17.2 Å². The summed E-state index contributed by atoms with van der Waals surface area (Å²) >= 11 is 1.49. The molecular formula is C18H23N3O3S. The average molecular weight is 361 g/mol. The molecule has 0 aliphatic carbocycles. The van der Waals surface area contributed by atoms with Gasteiger partial charge < -0.3 is 14.2 Å². The second-order valence-corrected chi connectivity index (χ2v) is 8.16. The molecule has 0 aromatic carbocycles. The van der Waals surface area contributed by atoms with Crippen molar-refractivity contribution in [3.63, 3.8) is 0 Å². The number of amides is 1. The van der Waals surface area contributed by atoms with Crippen LogP contribution in [0.5, 0.6) is 0 Å². The predicted octanol–water partition coefficient (Wildman–Crippen LogP) is 3.22. The van der Waals surface area contributed by atoms with Gasteiger partial charge in [-0.1, -0.05) is 18.1 Å². The van der Waals surface area contributed by atoms with Crippen LogP contribution in [0.4, 0.5) is 0 Å². The van der Waals surface area contributed by atoms with Gasteiger partial charge in [-0.3, -0.25) is 4.79 Å². The van der Waals surface area contributed by atoms with Crippen LogP contribution in [-0.2, 0) is 10.2 Å². The zero-order chi connectivity index (χ0) is 17.3. The van der Waals surface area contributed by atoms with Gasteiger partial charge in [-0.2, -0.15) is 4.98 Å². The molecule has 0 bridgehead atoms. The van der Waals surface area contributed by atoms with Gasteiger partial charge in [0.15, 0.2) is 5.82 Å². The maximum absolute atomic E-state index is 12.7. The van der Waals surface area contributed by atoms with E-state index in [1.807, 2.05) is 22.4 Å². The summed E-state index contributed by atoms with van der Waals surface area (Å²) in [5, 5.41) is 6.22. The Morgan fingerprint density at radius 3 is 3.00 bits per heavy atom. The Morgan fingerprint density at radius 2 is 2.24 bits per heavy atom. The molecule has 2 saturated heterocycles. The molecule has 1 amide bonds. The summed E-state index contributed by atoms with van der Waals surface area (Å²) in [7, 11) is 0. The summed E-state index contributed by atoms with van der Waals surface area (Å²) < 4.78 is 11.0. The molecule has 2 aromatic heterocycles. The van der Waals surface area contributed by atoms with Crippen molar-refractivity contribution in [3.05, 3.63) is 34.1 Å². The summed E-state index contributed by atoms with van der Waals surface area (Å²) in [5.41, 5.74) is -0.252. The molecule has 7 heteroatoms. The minimum atomic E-state index is -0.252. The number of likely N-dealkylation sites (tertiary alicyclic amines) is 1. The predicted molar refractivity (Wildman–Crippen MR) is 93.9 cm³/mol. The highest BCUT2D eigenvalue weighted by Crippen LogP contribution is 2.34. The Hall–Kier alpha value is -1.73. The molecule has 4 rings (SSSR count). The Balaban J connectivity index is 1.50. The molecule has 0 N–H and O–H groups in total. The summed E-state index contributed by atoms with van der Waals surface area (Å²) in [6, 6.07) is 3.80. The topological polar surface area (TPSA) is 68.5 Å². The van der Waals surface area contributed by atoms with Gasteiger partial charge in [0.2, 0.25) is 5.89 Å². The molecule has 0 saturated carbocycles. The molecule has 0 radical (unpaired) electrons. The van der Waals surface area contributed by atoms with Crippen molar-refractivity contribution in [2.45, 2.75) is 43.9 Å². The molecule has 2 aliphatic rings. The van der Waals surface area contributed by atoms with Crippen molar-refractivity contribution < 1.29 is 14.1 Å². The molecule has 1 unspecified atom stereocenters. The molecule has 134 valence electrons. The fourth-order valence-corrected chi connectivity index (χ4v) is 4.43. The molecule has 2 aromatic rings. The first-order valence-corrected chi connectivity index (χ1v) is 9.78. The van der Waals surface area contributed by atoms with Crippen molar-refractivity contribution in [1.29, 1.82) is 0 Å². The van der Waals surface area contributed by atoms with Crippen LogP contribution in [0.3, 0.4) is 0 Å². The molecule has 2 fully saturated rings. The lowest BCUT2D eigenvalue weighted by atomic mass is 9.81. The number of thiophene rings is 1. The normalized spacial score (nSPS) is 25.2. The monoisotopic (exact) mass is 361 g/mol. The highest BCUT2D eigenvalue weighted by molar-refractivity contribution is 7.12. The molecule has 6 nitrogen and oxygen atoms in total.